The molecule has 1 aromatic rings. The van der Waals surface area contributed by atoms with E-state index < -0.39 is 15.6 Å². The third-order valence-corrected chi connectivity index (χ3v) is 5.19. The van der Waals surface area contributed by atoms with Crippen molar-refractivity contribution in [3.8, 4) is 0 Å². The Kier molecular flexibility index (Phi) is 3.23. The Morgan fingerprint density at radius 3 is 2.79 bits per heavy atom. The third kappa shape index (κ3) is 2.28. The molecule has 0 aliphatic carbocycles. The molecule has 3 N–H and O–H groups in total. The van der Waals surface area contributed by atoms with Crippen molar-refractivity contribution < 1.29 is 13.2 Å². The predicted octanol–water partition coefficient (Wildman–Crippen LogP) is -0.437. The molecule has 0 bridgehead atoms. The number of carbonyl (C=O) groups excluding carboxylic acids is 1. The van der Waals surface area contributed by atoms with Crippen LogP contribution in [-0.2, 0) is 14.8 Å². The van der Waals surface area contributed by atoms with E-state index in [0.717, 1.165) is 0 Å². The summed E-state index contributed by atoms with van der Waals surface area (Å²) in [7, 11) is -3.77. The number of hydrogen-bond donors (Lipinski definition) is 2. The minimum absolute atomic E-state index is 0.0442. The van der Waals surface area contributed by atoms with Crippen LogP contribution in [0.3, 0.4) is 0 Å². The van der Waals surface area contributed by atoms with Crippen molar-refractivity contribution in [2.75, 3.05) is 18.8 Å². The van der Waals surface area contributed by atoms with Crippen LogP contribution >= 0.6 is 0 Å². The number of nitrogen functional groups attached to an aromatic ring is 1. The largest absolute Gasteiger partial charge is 0.384 e. The van der Waals surface area contributed by atoms with Crippen LogP contribution in [0.25, 0.3) is 0 Å². The number of pyridine rings is 1. The highest BCUT2D eigenvalue weighted by atomic mass is 32.2. The molecule has 19 heavy (non-hydrogen) atoms. The normalized spacial score (nSPS) is 20.0. The van der Waals surface area contributed by atoms with Gasteiger partial charge in [-0.15, -0.1) is 0 Å². The van der Waals surface area contributed by atoms with Gasteiger partial charge >= 0.3 is 0 Å². The Morgan fingerprint density at radius 2 is 2.16 bits per heavy atom. The first-order valence-corrected chi connectivity index (χ1v) is 7.23. The molecule has 7 nitrogen and oxygen atoms in total. The molecule has 1 aromatic heterocycles. The van der Waals surface area contributed by atoms with Crippen LogP contribution in [0.1, 0.15) is 13.8 Å². The maximum absolute atomic E-state index is 12.6. The molecule has 0 aromatic carbocycles. The van der Waals surface area contributed by atoms with Crippen molar-refractivity contribution in [1.29, 1.82) is 0 Å². The highest BCUT2D eigenvalue weighted by Crippen LogP contribution is 2.26. The first kappa shape index (κ1) is 13.8. The van der Waals surface area contributed by atoms with Crippen LogP contribution in [0.4, 0.5) is 5.82 Å². The topological polar surface area (TPSA) is 105 Å². The average molecular weight is 284 g/mol. The number of nitrogens with two attached hydrogens (primary N) is 1. The molecule has 0 spiro atoms. The van der Waals surface area contributed by atoms with Gasteiger partial charge in [0.2, 0.25) is 15.9 Å². The minimum Gasteiger partial charge on any atom is -0.384 e. The molecule has 1 fully saturated rings. The Bertz CT molecular complexity index is 612. The van der Waals surface area contributed by atoms with Crippen LogP contribution in [0, 0.1) is 0 Å². The highest BCUT2D eigenvalue weighted by Gasteiger charge is 2.44. The second kappa shape index (κ2) is 4.46. The van der Waals surface area contributed by atoms with Gasteiger partial charge in [0.25, 0.3) is 0 Å². The third-order valence-electron chi connectivity index (χ3n) is 3.12. The van der Waals surface area contributed by atoms with Crippen LogP contribution < -0.4 is 11.1 Å². The van der Waals surface area contributed by atoms with E-state index in [4.69, 9.17) is 5.73 Å². The molecule has 1 aliphatic heterocycles. The molecule has 2 rings (SSSR count). The Morgan fingerprint density at radius 1 is 1.47 bits per heavy atom. The van der Waals surface area contributed by atoms with E-state index in [9.17, 15) is 13.2 Å². The molecule has 104 valence electrons. The van der Waals surface area contributed by atoms with E-state index in [1.165, 1.54) is 22.6 Å². The summed E-state index contributed by atoms with van der Waals surface area (Å²) >= 11 is 0. The van der Waals surface area contributed by atoms with Gasteiger partial charge in [0, 0.05) is 25.4 Å². The van der Waals surface area contributed by atoms with Crippen molar-refractivity contribution in [2.24, 2.45) is 0 Å². The summed E-state index contributed by atoms with van der Waals surface area (Å²) in [4.78, 5) is 15.6. The van der Waals surface area contributed by atoms with Crippen LogP contribution in [0.5, 0.6) is 0 Å². The molecule has 1 aliphatic rings. The first-order valence-electron chi connectivity index (χ1n) is 5.79. The van der Waals surface area contributed by atoms with Gasteiger partial charge in [0.05, 0.1) is 4.90 Å². The SMILES string of the molecule is CC1(C)C(=O)NCCN1S(=O)(=O)c1ccnc(N)c1. The number of nitrogens with zero attached hydrogens (tertiary/aromatic N) is 2. The number of sulfonamides is 1. The van der Waals surface area contributed by atoms with Crippen molar-refractivity contribution in [2.45, 2.75) is 24.3 Å². The van der Waals surface area contributed by atoms with Gasteiger partial charge in [-0.05, 0) is 19.9 Å². The maximum atomic E-state index is 12.6. The zero-order valence-corrected chi connectivity index (χ0v) is 11.6. The fraction of sp³-hybridized carbons (Fsp3) is 0.455. The van der Waals surface area contributed by atoms with E-state index in [-0.39, 0.29) is 23.2 Å². The Labute approximate surface area is 111 Å². The summed E-state index contributed by atoms with van der Waals surface area (Å²) in [5.74, 6) is -0.190. The van der Waals surface area contributed by atoms with Gasteiger partial charge in [-0.25, -0.2) is 13.4 Å². The van der Waals surface area contributed by atoms with E-state index in [2.05, 4.69) is 10.3 Å². The molecule has 2 heterocycles. The van der Waals surface area contributed by atoms with Gasteiger partial charge < -0.3 is 11.1 Å². The average Bonchev–Trinajstić information content (AvgIpc) is 2.32. The van der Waals surface area contributed by atoms with Gasteiger partial charge in [-0.2, -0.15) is 4.31 Å². The fourth-order valence-corrected chi connectivity index (χ4v) is 3.79. The van der Waals surface area contributed by atoms with Crippen LogP contribution in [0.15, 0.2) is 23.2 Å². The lowest BCUT2D eigenvalue weighted by Gasteiger charge is -2.39. The number of piperazine rings is 1. The molecule has 0 atom stereocenters. The van der Waals surface area contributed by atoms with Crippen LogP contribution in [0.2, 0.25) is 0 Å². The van der Waals surface area contributed by atoms with E-state index >= 15 is 0 Å². The van der Waals surface area contributed by atoms with Gasteiger partial charge in [-0.1, -0.05) is 0 Å². The Hall–Kier alpha value is -1.67. The maximum Gasteiger partial charge on any atom is 0.244 e. The summed E-state index contributed by atoms with van der Waals surface area (Å²) in [6.45, 7) is 3.67. The molecular formula is C11H16N4O3S. The number of carbonyl (C=O) groups is 1. The molecule has 1 saturated heterocycles. The van der Waals surface area contributed by atoms with E-state index in [1.54, 1.807) is 13.8 Å². The minimum atomic E-state index is -3.77. The standard InChI is InChI=1S/C11H16N4O3S/c1-11(2)10(16)14-5-6-15(11)19(17,18)8-3-4-13-9(12)7-8/h3-4,7H,5-6H2,1-2H3,(H2,12,13)(H,14,16). The monoisotopic (exact) mass is 284 g/mol. The molecule has 0 radical (unpaired) electrons. The first-order chi connectivity index (χ1) is 8.76. The molecular weight excluding hydrogens is 268 g/mol. The summed E-state index contributed by atoms with van der Waals surface area (Å²) in [5.41, 5.74) is 4.38. The smallest absolute Gasteiger partial charge is 0.244 e. The fourth-order valence-electron chi connectivity index (χ4n) is 2.02. The zero-order chi connectivity index (χ0) is 14.3. The second-order valence-corrected chi connectivity index (χ2v) is 6.67. The lowest BCUT2D eigenvalue weighted by Crippen LogP contribution is -2.63. The number of amides is 1. The highest BCUT2D eigenvalue weighted by molar-refractivity contribution is 7.89. The zero-order valence-electron chi connectivity index (χ0n) is 10.8. The molecule has 0 saturated carbocycles. The van der Waals surface area contributed by atoms with Gasteiger partial charge in [0.15, 0.2) is 0 Å². The van der Waals surface area contributed by atoms with E-state index in [0.29, 0.717) is 6.54 Å². The van der Waals surface area contributed by atoms with Gasteiger partial charge in [-0.3, -0.25) is 4.79 Å². The van der Waals surface area contributed by atoms with Crippen molar-refractivity contribution in [3.63, 3.8) is 0 Å². The summed E-state index contributed by atoms with van der Waals surface area (Å²) in [6, 6.07) is 2.66. The summed E-state index contributed by atoms with van der Waals surface area (Å²) < 4.78 is 26.3. The summed E-state index contributed by atoms with van der Waals surface area (Å²) in [5, 5.41) is 2.66. The van der Waals surface area contributed by atoms with Gasteiger partial charge in [0.1, 0.15) is 11.4 Å². The lowest BCUT2D eigenvalue weighted by atomic mass is 10.0. The number of hydrogen-bond acceptors (Lipinski definition) is 5. The van der Waals surface area contributed by atoms with E-state index in [1.807, 2.05) is 0 Å². The quantitative estimate of drug-likeness (QED) is 0.766. The Balaban J connectivity index is 2.47. The number of rotatable bonds is 2. The second-order valence-electron chi connectivity index (χ2n) is 4.81. The number of anilines is 1. The number of aromatic nitrogens is 1. The number of nitrogens with one attached hydrogen (secondary N) is 1. The summed E-state index contributed by atoms with van der Waals surface area (Å²) in [6.07, 6.45) is 1.33. The molecule has 1 amide bonds. The molecule has 8 heteroatoms. The lowest BCUT2D eigenvalue weighted by molar-refractivity contribution is -0.131. The van der Waals surface area contributed by atoms with Crippen LogP contribution in [-0.4, -0.2) is 42.2 Å². The predicted molar refractivity (Wildman–Crippen MR) is 69.6 cm³/mol. The molecule has 0 unspecified atom stereocenters. The van der Waals surface area contributed by atoms with Crippen molar-refractivity contribution in [3.05, 3.63) is 18.3 Å². The van der Waals surface area contributed by atoms with Crippen molar-refractivity contribution >= 4 is 21.7 Å². The van der Waals surface area contributed by atoms with Crippen molar-refractivity contribution in [1.82, 2.24) is 14.6 Å².